The molecule has 0 saturated carbocycles. The first-order valence-electron chi connectivity index (χ1n) is 10.4. The first-order valence-corrected chi connectivity index (χ1v) is 11.3. The number of methoxy groups -OCH3 is 1. The molecule has 3 rings (SSSR count). The third-order valence-corrected chi connectivity index (χ3v) is 5.87. The highest BCUT2D eigenvalue weighted by Crippen LogP contribution is 2.21. The topological polar surface area (TPSA) is 98.1 Å². The van der Waals surface area contributed by atoms with Crippen LogP contribution in [0.1, 0.15) is 17.0 Å². The van der Waals surface area contributed by atoms with Crippen LogP contribution in [-0.4, -0.2) is 39.4 Å². The Morgan fingerprint density at radius 3 is 2.55 bits per heavy atom. The summed E-state index contributed by atoms with van der Waals surface area (Å²) in [6, 6.07) is 12.9. The van der Waals surface area contributed by atoms with E-state index in [0.717, 1.165) is 16.8 Å². The summed E-state index contributed by atoms with van der Waals surface area (Å²) in [7, 11) is 1.57. The van der Waals surface area contributed by atoms with Gasteiger partial charge in [0.05, 0.1) is 19.3 Å². The standard InChI is InChI=1S/C24H27N5O3S/c1-5-11-29-21(14-22(30)25-19-10-9-16(2)17(3)12-19)27-28-24(29)33-15-23(31)26-18-7-6-8-20(13-18)32-4/h5-10,12-13H,1,11,14-15H2,2-4H3,(H,25,30)(H,26,31). The van der Waals surface area contributed by atoms with E-state index in [2.05, 4.69) is 27.4 Å². The SMILES string of the molecule is C=CCn1c(CC(=O)Nc2ccc(C)c(C)c2)nnc1SCC(=O)Nc1cccc(OC)c1. The van der Waals surface area contributed by atoms with Crippen molar-refractivity contribution in [3.05, 3.63) is 72.1 Å². The van der Waals surface area contributed by atoms with Gasteiger partial charge in [-0.25, -0.2) is 0 Å². The molecule has 0 atom stereocenters. The molecule has 2 aromatic carbocycles. The monoisotopic (exact) mass is 465 g/mol. The van der Waals surface area contributed by atoms with Crippen LogP contribution < -0.4 is 15.4 Å². The van der Waals surface area contributed by atoms with Gasteiger partial charge < -0.3 is 19.9 Å². The number of anilines is 2. The average Bonchev–Trinajstić information content (AvgIpc) is 3.16. The van der Waals surface area contributed by atoms with Crippen LogP contribution in [0.2, 0.25) is 0 Å². The molecule has 0 aliphatic carbocycles. The van der Waals surface area contributed by atoms with Gasteiger partial charge in [0.2, 0.25) is 11.8 Å². The van der Waals surface area contributed by atoms with Gasteiger partial charge in [0, 0.05) is 24.0 Å². The molecule has 8 nitrogen and oxygen atoms in total. The molecule has 33 heavy (non-hydrogen) atoms. The number of hydrogen-bond donors (Lipinski definition) is 2. The molecule has 0 aliphatic heterocycles. The van der Waals surface area contributed by atoms with Gasteiger partial charge >= 0.3 is 0 Å². The van der Waals surface area contributed by atoms with Gasteiger partial charge in [-0.05, 0) is 49.2 Å². The lowest BCUT2D eigenvalue weighted by Crippen LogP contribution is -2.18. The molecule has 2 amide bonds. The van der Waals surface area contributed by atoms with E-state index in [1.54, 1.807) is 42.0 Å². The third kappa shape index (κ3) is 6.69. The van der Waals surface area contributed by atoms with Gasteiger partial charge in [-0.15, -0.1) is 16.8 Å². The second-order valence-corrected chi connectivity index (χ2v) is 8.33. The highest BCUT2D eigenvalue weighted by atomic mass is 32.2. The highest BCUT2D eigenvalue weighted by Gasteiger charge is 2.16. The van der Waals surface area contributed by atoms with Crippen molar-refractivity contribution in [1.29, 1.82) is 0 Å². The minimum atomic E-state index is -0.191. The highest BCUT2D eigenvalue weighted by molar-refractivity contribution is 7.99. The smallest absolute Gasteiger partial charge is 0.234 e. The largest absolute Gasteiger partial charge is 0.497 e. The number of nitrogens with zero attached hydrogens (tertiary/aromatic N) is 3. The Morgan fingerprint density at radius 2 is 1.82 bits per heavy atom. The minimum Gasteiger partial charge on any atom is -0.497 e. The first-order chi connectivity index (χ1) is 15.9. The Balaban J connectivity index is 1.62. The molecule has 0 bridgehead atoms. The number of amides is 2. The van der Waals surface area contributed by atoms with Gasteiger partial charge in [0.15, 0.2) is 5.16 Å². The van der Waals surface area contributed by atoms with Gasteiger partial charge in [0.1, 0.15) is 11.6 Å². The van der Waals surface area contributed by atoms with Crippen molar-refractivity contribution in [1.82, 2.24) is 14.8 Å². The van der Waals surface area contributed by atoms with Crippen molar-refractivity contribution in [2.75, 3.05) is 23.5 Å². The van der Waals surface area contributed by atoms with E-state index in [1.165, 1.54) is 11.8 Å². The van der Waals surface area contributed by atoms with Crippen molar-refractivity contribution >= 4 is 35.0 Å². The van der Waals surface area contributed by atoms with E-state index in [1.807, 2.05) is 32.0 Å². The zero-order valence-electron chi connectivity index (χ0n) is 18.9. The fourth-order valence-corrected chi connectivity index (χ4v) is 3.83. The Kier molecular flexibility index (Phi) is 8.26. The van der Waals surface area contributed by atoms with E-state index in [-0.39, 0.29) is 24.0 Å². The summed E-state index contributed by atoms with van der Waals surface area (Å²) in [4.78, 5) is 24.9. The van der Waals surface area contributed by atoms with E-state index >= 15 is 0 Å². The molecule has 2 N–H and O–H groups in total. The summed E-state index contributed by atoms with van der Waals surface area (Å²) in [5.41, 5.74) is 3.65. The fourth-order valence-electron chi connectivity index (χ4n) is 3.06. The maximum atomic E-state index is 12.6. The lowest BCUT2D eigenvalue weighted by atomic mass is 10.1. The maximum absolute atomic E-state index is 12.6. The molecule has 0 aliphatic rings. The van der Waals surface area contributed by atoms with Gasteiger partial charge in [-0.3, -0.25) is 9.59 Å². The molecule has 9 heteroatoms. The number of ether oxygens (including phenoxy) is 1. The molecule has 172 valence electrons. The van der Waals surface area contributed by atoms with Crippen LogP contribution in [0, 0.1) is 13.8 Å². The molecule has 0 unspecified atom stereocenters. The molecular weight excluding hydrogens is 438 g/mol. The molecule has 0 radical (unpaired) electrons. The maximum Gasteiger partial charge on any atom is 0.234 e. The summed E-state index contributed by atoms with van der Waals surface area (Å²) < 4.78 is 6.96. The quantitative estimate of drug-likeness (QED) is 0.347. The number of hydrogen-bond acceptors (Lipinski definition) is 6. The van der Waals surface area contributed by atoms with E-state index in [0.29, 0.717) is 29.0 Å². The van der Waals surface area contributed by atoms with Crippen LogP contribution >= 0.6 is 11.8 Å². The number of aromatic nitrogens is 3. The lowest BCUT2D eigenvalue weighted by molar-refractivity contribution is -0.116. The van der Waals surface area contributed by atoms with Crippen LogP contribution in [0.5, 0.6) is 5.75 Å². The predicted molar refractivity (Wildman–Crippen MR) is 131 cm³/mol. The molecule has 0 fully saturated rings. The fraction of sp³-hybridized carbons (Fsp3) is 0.250. The van der Waals surface area contributed by atoms with Crippen LogP contribution in [-0.2, 0) is 22.6 Å². The number of rotatable bonds is 10. The van der Waals surface area contributed by atoms with Crippen LogP contribution in [0.25, 0.3) is 0 Å². The van der Waals surface area contributed by atoms with Crippen LogP contribution in [0.3, 0.4) is 0 Å². The van der Waals surface area contributed by atoms with Crippen molar-refractivity contribution in [3.63, 3.8) is 0 Å². The van der Waals surface area contributed by atoms with Gasteiger partial charge in [-0.1, -0.05) is 30.0 Å². The Morgan fingerprint density at radius 1 is 1.06 bits per heavy atom. The number of aryl methyl sites for hydroxylation is 2. The molecule has 3 aromatic rings. The van der Waals surface area contributed by atoms with Crippen LogP contribution in [0.4, 0.5) is 11.4 Å². The first kappa shape index (κ1) is 24.1. The summed E-state index contributed by atoms with van der Waals surface area (Å²) in [6.45, 7) is 8.22. The normalized spacial score (nSPS) is 10.5. The molecule has 0 saturated heterocycles. The van der Waals surface area contributed by atoms with Crippen LogP contribution in [0.15, 0.2) is 60.3 Å². The van der Waals surface area contributed by atoms with Crippen molar-refractivity contribution in [2.24, 2.45) is 0 Å². The lowest BCUT2D eigenvalue weighted by Gasteiger charge is -2.10. The van der Waals surface area contributed by atoms with Gasteiger partial charge in [0.25, 0.3) is 0 Å². The molecule has 0 spiro atoms. The summed E-state index contributed by atoms with van der Waals surface area (Å²) in [5, 5.41) is 14.6. The van der Waals surface area contributed by atoms with Gasteiger partial charge in [-0.2, -0.15) is 0 Å². The molecule has 1 heterocycles. The Labute approximate surface area is 197 Å². The number of thioether (sulfide) groups is 1. The third-order valence-electron chi connectivity index (χ3n) is 4.90. The minimum absolute atomic E-state index is 0.0599. The van der Waals surface area contributed by atoms with Crippen molar-refractivity contribution < 1.29 is 14.3 Å². The zero-order valence-corrected chi connectivity index (χ0v) is 19.7. The van der Waals surface area contributed by atoms with E-state index < -0.39 is 0 Å². The zero-order chi connectivity index (χ0) is 23.8. The van der Waals surface area contributed by atoms with E-state index in [9.17, 15) is 9.59 Å². The number of carbonyl (C=O) groups excluding carboxylic acids is 2. The van der Waals surface area contributed by atoms with Crippen molar-refractivity contribution in [2.45, 2.75) is 32.0 Å². The van der Waals surface area contributed by atoms with E-state index in [4.69, 9.17) is 4.74 Å². The summed E-state index contributed by atoms with van der Waals surface area (Å²) in [6.07, 6.45) is 1.76. The summed E-state index contributed by atoms with van der Waals surface area (Å²) in [5.74, 6) is 0.932. The van der Waals surface area contributed by atoms with Crippen molar-refractivity contribution in [3.8, 4) is 5.75 Å². The number of nitrogens with one attached hydrogen (secondary N) is 2. The number of carbonyl (C=O) groups is 2. The predicted octanol–water partition coefficient (Wildman–Crippen LogP) is 4.00. The molecular formula is C24H27N5O3S. The Bertz CT molecular complexity index is 1160. The molecule has 1 aromatic heterocycles. The number of allylic oxidation sites excluding steroid dienone is 1. The average molecular weight is 466 g/mol. The summed E-state index contributed by atoms with van der Waals surface area (Å²) >= 11 is 1.25. The number of benzene rings is 2. The second kappa shape index (κ2) is 11.3. The second-order valence-electron chi connectivity index (χ2n) is 7.39. The Hall–Kier alpha value is -3.59.